The molecule has 0 radical (unpaired) electrons. The van der Waals surface area contributed by atoms with Gasteiger partial charge in [-0.3, -0.25) is 19.6 Å². The lowest BCUT2D eigenvalue weighted by Gasteiger charge is -2.00. The van der Waals surface area contributed by atoms with Crippen LogP contribution in [0.4, 0.5) is 5.88 Å². The summed E-state index contributed by atoms with van der Waals surface area (Å²) >= 11 is 0. The molecule has 0 saturated heterocycles. The fourth-order valence-electron chi connectivity index (χ4n) is 2.15. The van der Waals surface area contributed by atoms with E-state index in [0.717, 1.165) is 25.7 Å². The molecule has 2 heterocycles. The second kappa shape index (κ2) is 6.88. The van der Waals surface area contributed by atoms with Gasteiger partial charge in [0.1, 0.15) is 10.6 Å². The summed E-state index contributed by atoms with van der Waals surface area (Å²) in [7, 11) is 0. The number of nitrogens with two attached hydrogens (primary N) is 1. The largest absolute Gasteiger partial charge is 0.433 e. The van der Waals surface area contributed by atoms with Crippen LogP contribution in [-0.4, -0.2) is 20.6 Å². The lowest BCUT2D eigenvalue weighted by molar-refractivity contribution is -0.401. The molecule has 8 nitrogen and oxygen atoms in total. The highest BCUT2D eigenvalue weighted by Crippen LogP contribution is 2.27. The summed E-state index contributed by atoms with van der Waals surface area (Å²) in [4.78, 5) is 21.5. The predicted molar refractivity (Wildman–Crippen MR) is 79.2 cm³/mol. The van der Waals surface area contributed by atoms with Crippen molar-refractivity contribution < 1.29 is 14.1 Å². The first-order valence-corrected chi connectivity index (χ1v) is 7.14. The van der Waals surface area contributed by atoms with Gasteiger partial charge in [0.2, 0.25) is 0 Å². The maximum absolute atomic E-state index is 11.5. The first-order chi connectivity index (χ1) is 10.5. The van der Waals surface area contributed by atoms with E-state index in [2.05, 4.69) is 12.0 Å². The molecule has 8 heteroatoms. The second-order valence-electron chi connectivity index (χ2n) is 4.97. The topological polar surface area (TPSA) is 117 Å². The molecule has 22 heavy (non-hydrogen) atoms. The zero-order chi connectivity index (χ0) is 16.1. The van der Waals surface area contributed by atoms with Crippen molar-refractivity contribution in [1.82, 2.24) is 9.78 Å². The third kappa shape index (κ3) is 3.51. The smallest absolute Gasteiger partial charge is 0.399 e. The van der Waals surface area contributed by atoms with Crippen molar-refractivity contribution in [1.29, 1.82) is 0 Å². The van der Waals surface area contributed by atoms with E-state index >= 15 is 0 Å². The van der Waals surface area contributed by atoms with E-state index in [4.69, 9.17) is 10.2 Å². The maximum Gasteiger partial charge on any atom is 0.433 e. The first-order valence-electron chi connectivity index (χ1n) is 7.14. The van der Waals surface area contributed by atoms with Gasteiger partial charge >= 0.3 is 5.88 Å². The van der Waals surface area contributed by atoms with E-state index in [1.807, 2.05) is 0 Å². The number of carbonyl (C=O) groups is 1. The number of aryl methyl sites for hydroxylation is 1. The number of carbonyl (C=O) groups excluding carboxylic acids is 1. The zero-order valence-corrected chi connectivity index (χ0v) is 12.3. The standard InChI is InChI=1S/C14H18N4O4/c1-2-3-4-5-8-17-9-10(14(15)19)13(16-17)11-6-7-12(22-11)18(20)21/h6-7,9H,2-5,8H2,1H3,(H2,15,19). The Balaban J connectivity index is 2.23. The Morgan fingerprint density at radius 1 is 1.41 bits per heavy atom. The van der Waals surface area contributed by atoms with Crippen LogP contribution >= 0.6 is 0 Å². The average molecular weight is 306 g/mol. The van der Waals surface area contributed by atoms with Crippen molar-refractivity contribution in [3.8, 4) is 11.5 Å². The maximum atomic E-state index is 11.5. The van der Waals surface area contributed by atoms with Gasteiger partial charge in [0.05, 0.1) is 11.6 Å². The number of furan rings is 1. The summed E-state index contributed by atoms with van der Waals surface area (Å²) in [5.41, 5.74) is 5.77. The van der Waals surface area contributed by atoms with Crippen molar-refractivity contribution in [3.05, 3.63) is 34.0 Å². The predicted octanol–water partition coefficient (Wildman–Crippen LogP) is 2.73. The normalized spacial score (nSPS) is 10.8. The SMILES string of the molecule is CCCCCCn1cc(C(N)=O)c(-c2ccc([N+](=O)[O-])o2)n1. The van der Waals surface area contributed by atoms with Crippen molar-refractivity contribution in [3.63, 3.8) is 0 Å². The van der Waals surface area contributed by atoms with E-state index in [1.54, 1.807) is 10.9 Å². The number of rotatable bonds is 8. The quantitative estimate of drug-likeness (QED) is 0.457. The first kappa shape index (κ1) is 15.7. The Bertz CT molecular complexity index is 674. The van der Waals surface area contributed by atoms with Gasteiger partial charge in [0.15, 0.2) is 5.76 Å². The molecular weight excluding hydrogens is 288 g/mol. The minimum Gasteiger partial charge on any atom is -0.399 e. The molecule has 2 rings (SSSR count). The summed E-state index contributed by atoms with van der Waals surface area (Å²) in [6.45, 7) is 2.78. The second-order valence-corrected chi connectivity index (χ2v) is 4.97. The van der Waals surface area contributed by atoms with Crippen molar-refractivity contribution in [2.24, 2.45) is 5.73 Å². The van der Waals surface area contributed by atoms with Gasteiger partial charge in [-0.25, -0.2) is 0 Å². The monoisotopic (exact) mass is 306 g/mol. The molecule has 1 amide bonds. The van der Waals surface area contributed by atoms with Gasteiger partial charge in [0.25, 0.3) is 5.91 Å². The van der Waals surface area contributed by atoms with Crippen LogP contribution in [-0.2, 0) is 6.54 Å². The highest BCUT2D eigenvalue weighted by Gasteiger charge is 2.21. The minimum atomic E-state index is -0.645. The number of hydrogen-bond acceptors (Lipinski definition) is 5. The summed E-state index contributed by atoms with van der Waals surface area (Å²) in [5.74, 6) is -0.885. The zero-order valence-electron chi connectivity index (χ0n) is 12.3. The number of primary amides is 1. The van der Waals surface area contributed by atoms with Crippen molar-refractivity contribution >= 4 is 11.8 Å². The van der Waals surface area contributed by atoms with E-state index in [1.165, 1.54) is 12.1 Å². The molecule has 0 atom stereocenters. The number of hydrogen-bond donors (Lipinski definition) is 1. The lowest BCUT2D eigenvalue weighted by Crippen LogP contribution is -2.11. The van der Waals surface area contributed by atoms with E-state index in [-0.39, 0.29) is 17.0 Å². The fourth-order valence-corrected chi connectivity index (χ4v) is 2.15. The van der Waals surface area contributed by atoms with Crippen molar-refractivity contribution in [2.45, 2.75) is 39.2 Å². The molecule has 118 valence electrons. The van der Waals surface area contributed by atoms with E-state index in [0.29, 0.717) is 6.54 Å². The van der Waals surface area contributed by atoms with Gasteiger partial charge in [0, 0.05) is 12.7 Å². The number of nitro groups is 1. The number of amides is 1. The molecule has 0 aromatic carbocycles. The average Bonchev–Trinajstić information content (AvgIpc) is 3.10. The molecule has 0 fully saturated rings. The molecule has 2 aromatic rings. The number of nitrogens with zero attached hydrogens (tertiary/aromatic N) is 3. The third-order valence-corrected chi connectivity index (χ3v) is 3.27. The van der Waals surface area contributed by atoms with Crippen LogP contribution in [0.3, 0.4) is 0 Å². The van der Waals surface area contributed by atoms with Crippen LogP contribution in [0.2, 0.25) is 0 Å². The molecule has 0 unspecified atom stereocenters. The molecule has 2 N–H and O–H groups in total. The van der Waals surface area contributed by atoms with E-state index in [9.17, 15) is 14.9 Å². The number of aromatic nitrogens is 2. The molecule has 0 bridgehead atoms. The Labute approximate surface area is 127 Å². The Kier molecular flexibility index (Phi) is 4.92. The Morgan fingerprint density at radius 2 is 2.18 bits per heavy atom. The molecule has 0 saturated carbocycles. The summed E-state index contributed by atoms with van der Waals surface area (Å²) in [6, 6.07) is 2.63. The molecule has 0 aliphatic heterocycles. The number of unbranched alkanes of at least 4 members (excludes halogenated alkanes) is 3. The van der Waals surface area contributed by atoms with Crippen molar-refractivity contribution in [2.75, 3.05) is 0 Å². The highest BCUT2D eigenvalue weighted by molar-refractivity contribution is 5.98. The summed E-state index contributed by atoms with van der Waals surface area (Å²) in [6.07, 6.45) is 5.83. The lowest BCUT2D eigenvalue weighted by atomic mass is 10.2. The molecule has 0 aliphatic rings. The van der Waals surface area contributed by atoms with Gasteiger partial charge < -0.3 is 10.2 Å². The Hall–Kier alpha value is -2.64. The summed E-state index contributed by atoms with van der Waals surface area (Å²) in [5, 5.41) is 14.9. The fraction of sp³-hybridized carbons (Fsp3) is 0.429. The molecule has 0 spiro atoms. The van der Waals surface area contributed by atoms with Gasteiger partial charge in [-0.1, -0.05) is 26.2 Å². The third-order valence-electron chi connectivity index (χ3n) is 3.27. The highest BCUT2D eigenvalue weighted by atomic mass is 16.6. The van der Waals surface area contributed by atoms with E-state index < -0.39 is 16.7 Å². The van der Waals surface area contributed by atoms with Crippen LogP contribution < -0.4 is 5.73 Å². The van der Waals surface area contributed by atoms with Gasteiger partial charge in [-0.05, 0) is 12.5 Å². The van der Waals surface area contributed by atoms with Gasteiger partial charge in [-0.15, -0.1) is 0 Å². The minimum absolute atomic E-state index is 0.160. The van der Waals surface area contributed by atoms with Crippen LogP contribution in [0, 0.1) is 10.1 Å². The van der Waals surface area contributed by atoms with Crippen LogP contribution in [0.25, 0.3) is 11.5 Å². The Morgan fingerprint density at radius 3 is 2.77 bits per heavy atom. The van der Waals surface area contributed by atoms with Crippen LogP contribution in [0.5, 0.6) is 0 Å². The molecular formula is C14H18N4O4. The van der Waals surface area contributed by atoms with Gasteiger partial charge in [-0.2, -0.15) is 5.10 Å². The molecule has 0 aliphatic carbocycles. The van der Waals surface area contributed by atoms with Crippen LogP contribution in [0.1, 0.15) is 43.0 Å². The molecule has 2 aromatic heterocycles. The summed E-state index contributed by atoms with van der Waals surface area (Å²) < 4.78 is 6.72. The van der Waals surface area contributed by atoms with Crippen LogP contribution in [0.15, 0.2) is 22.7 Å².